The van der Waals surface area contributed by atoms with Gasteiger partial charge in [-0.3, -0.25) is 4.79 Å². The molecule has 9 heteroatoms. The van der Waals surface area contributed by atoms with Crippen molar-refractivity contribution in [1.82, 2.24) is 5.32 Å². The van der Waals surface area contributed by atoms with Gasteiger partial charge >= 0.3 is 0 Å². The summed E-state index contributed by atoms with van der Waals surface area (Å²) in [7, 11) is 0. The molecule has 2 aromatic carbocycles. The fourth-order valence-corrected chi connectivity index (χ4v) is 3.94. The van der Waals surface area contributed by atoms with Crippen molar-refractivity contribution < 1.29 is 38.4 Å². The molecule has 32 heavy (non-hydrogen) atoms. The Kier molecular flexibility index (Phi) is 8.38. The van der Waals surface area contributed by atoms with Crippen LogP contribution in [0.1, 0.15) is 24.0 Å². The van der Waals surface area contributed by atoms with Crippen molar-refractivity contribution in [2.75, 3.05) is 13.1 Å². The Hall–Kier alpha value is -2.75. The summed E-state index contributed by atoms with van der Waals surface area (Å²) in [5.41, 5.74) is 1.62. The third-order valence-corrected chi connectivity index (χ3v) is 5.56. The minimum absolute atomic E-state index is 0.250. The van der Waals surface area contributed by atoms with E-state index in [0.29, 0.717) is 37.2 Å². The number of hydrogen-bond donors (Lipinski definition) is 4. The van der Waals surface area contributed by atoms with Gasteiger partial charge in [-0.05, 0) is 73.2 Å². The van der Waals surface area contributed by atoms with E-state index >= 15 is 0 Å². The molecule has 0 radical (unpaired) electrons. The molecular formula is C23H27F2NO6. The highest BCUT2D eigenvalue weighted by molar-refractivity contribution is 5.37. The van der Waals surface area contributed by atoms with E-state index in [9.17, 15) is 19.0 Å². The molecule has 0 saturated carbocycles. The molecule has 2 aliphatic rings. The van der Waals surface area contributed by atoms with E-state index in [1.165, 1.54) is 24.3 Å². The maximum atomic E-state index is 13.3. The molecule has 0 fully saturated rings. The zero-order valence-corrected chi connectivity index (χ0v) is 17.4. The number of carboxylic acid groups (broad SMARTS) is 1. The van der Waals surface area contributed by atoms with Gasteiger partial charge in [0, 0.05) is 13.1 Å². The Morgan fingerprint density at radius 1 is 0.906 bits per heavy atom. The molecule has 0 bridgehead atoms. The summed E-state index contributed by atoms with van der Waals surface area (Å²) in [6.45, 7) is 0.263. The highest BCUT2D eigenvalue weighted by Gasteiger charge is 2.29. The van der Waals surface area contributed by atoms with Crippen molar-refractivity contribution in [2.45, 2.75) is 50.1 Å². The molecule has 4 atom stereocenters. The summed E-state index contributed by atoms with van der Waals surface area (Å²) in [5.74, 6) is 0.624. The van der Waals surface area contributed by atoms with E-state index < -0.39 is 12.2 Å². The van der Waals surface area contributed by atoms with E-state index in [1.54, 1.807) is 12.1 Å². The topological polar surface area (TPSA) is 108 Å². The number of hydrogen-bond acceptors (Lipinski definition) is 6. The Balaban J connectivity index is 0.000000913. The summed E-state index contributed by atoms with van der Waals surface area (Å²) in [6, 6.07) is 8.79. The number of nitrogens with one attached hydrogen (secondary N) is 1. The Morgan fingerprint density at radius 3 is 1.72 bits per heavy atom. The average Bonchev–Trinajstić information content (AvgIpc) is 2.78. The average molecular weight is 451 g/mol. The molecule has 2 aromatic rings. The van der Waals surface area contributed by atoms with Crippen molar-refractivity contribution in [3.63, 3.8) is 0 Å². The van der Waals surface area contributed by atoms with Crippen LogP contribution in [0, 0.1) is 11.6 Å². The van der Waals surface area contributed by atoms with Gasteiger partial charge in [0.2, 0.25) is 0 Å². The SMILES string of the molecule is O=CO.OC(CNCC(O)C1CCc2cc(F)ccc2O1)C1CCc2cc(F)ccc2O1. The number of aryl methyl sites for hydroxylation is 2. The zero-order valence-electron chi connectivity index (χ0n) is 17.4. The van der Waals surface area contributed by atoms with Gasteiger partial charge in [-0.15, -0.1) is 0 Å². The summed E-state index contributed by atoms with van der Waals surface area (Å²) in [4.78, 5) is 8.36. The van der Waals surface area contributed by atoms with E-state index in [4.69, 9.17) is 19.4 Å². The molecule has 174 valence electrons. The number of rotatable bonds is 6. The number of carbonyl (C=O) groups is 1. The normalized spacial score (nSPS) is 20.9. The number of aliphatic hydroxyl groups is 2. The summed E-state index contributed by atoms with van der Waals surface area (Å²) >= 11 is 0. The van der Waals surface area contributed by atoms with Gasteiger partial charge in [0.15, 0.2) is 0 Å². The molecule has 0 aliphatic carbocycles. The van der Waals surface area contributed by atoms with Gasteiger partial charge in [-0.2, -0.15) is 0 Å². The molecule has 2 heterocycles. The second-order valence-corrected chi connectivity index (χ2v) is 7.79. The standard InChI is InChI=1S/C22H25F2NO4.CH2O2/c23-15-3-7-19-13(9-15)1-5-21(28-19)17(26)11-25-12-18(27)22-6-2-14-10-16(24)4-8-20(14)29-22;2-1-3/h3-4,7-10,17-18,21-22,25-27H,1-2,5-6,11-12H2;1H,(H,2,3). The van der Waals surface area contributed by atoms with Crippen LogP contribution in [0.4, 0.5) is 8.78 Å². The van der Waals surface area contributed by atoms with Crippen LogP contribution in [-0.2, 0) is 17.6 Å². The lowest BCUT2D eigenvalue weighted by molar-refractivity contribution is -0.122. The third kappa shape index (κ3) is 6.15. The number of benzene rings is 2. The monoisotopic (exact) mass is 451 g/mol. The molecule has 0 saturated heterocycles. The van der Waals surface area contributed by atoms with Crippen LogP contribution in [0.2, 0.25) is 0 Å². The highest BCUT2D eigenvalue weighted by Crippen LogP contribution is 2.30. The van der Waals surface area contributed by atoms with Gasteiger partial charge in [-0.1, -0.05) is 0 Å². The quantitative estimate of drug-likeness (QED) is 0.498. The van der Waals surface area contributed by atoms with Crippen molar-refractivity contribution in [3.8, 4) is 11.5 Å². The number of aliphatic hydroxyl groups excluding tert-OH is 2. The fourth-order valence-electron chi connectivity index (χ4n) is 3.94. The van der Waals surface area contributed by atoms with Crippen LogP contribution in [0.25, 0.3) is 0 Å². The van der Waals surface area contributed by atoms with Crippen LogP contribution in [0.3, 0.4) is 0 Å². The minimum Gasteiger partial charge on any atom is -0.487 e. The number of halogens is 2. The molecule has 4 unspecified atom stereocenters. The molecule has 0 aromatic heterocycles. The van der Waals surface area contributed by atoms with E-state index in [0.717, 1.165) is 11.1 Å². The van der Waals surface area contributed by atoms with Crippen LogP contribution >= 0.6 is 0 Å². The Bertz CT molecular complexity index is 843. The van der Waals surface area contributed by atoms with Crippen molar-refractivity contribution in [1.29, 1.82) is 0 Å². The summed E-state index contributed by atoms with van der Waals surface area (Å²) in [5, 5.41) is 30.8. The summed E-state index contributed by atoms with van der Waals surface area (Å²) in [6.07, 6.45) is 0.214. The predicted octanol–water partition coefficient (Wildman–Crippen LogP) is 2.06. The van der Waals surface area contributed by atoms with Crippen LogP contribution in [-0.4, -0.2) is 59.3 Å². The van der Waals surface area contributed by atoms with E-state index in [-0.39, 0.29) is 43.4 Å². The van der Waals surface area contributed by atoms with Crippen molar-refractivity contribution in [2.24, 2.45) is 0 Å². The molecule has 2 aliphatic heterocycles. The molecular weight excluding hydrogens is 424 g/mol. The lowest BCUT2D eigenvalue weighted by Gasteiger charge is -2.31. The van der Waals surface area contributed by atoms with Crippen LogP contribution in [0.15, 0.2) is 36.4 Å². The van der Waals surface area contributed by atoms with Crippen molar-refractivity contribution >= 4 is 6.47 Å². The summed E-state index contributed by atoms with van der Waals surface area (Å²) < 4.78 is 38.2. The third-order valence-electron chi connectivity index (χ3n) is 5.56. The lowest BCUT2D eigenvalue weighted by atomic mass is 9.98. The van der Waals surface area contributed by atoms with Crippen LogP contribution < -0.4 is 14.8 Å². The zero-order chi connectivity index (χ0) is 23.1. The predicted molar refractivity (Wildman–Crippen MR) is 112 cm³/mol. The van der Waals surface area contributed by atoms with Gasteiger partial charge in [0.1, 0.15) is 47.5 Å². The van der Waals surface area contributed by atoms with E-state index in [1.807, 2.05) is 0 Å². The largest absolute Gasteiger partial charge is 0.487 e. The van der Waals surface area contributed by atoms with Gasteiger partial charge in [0.25, 0.3) is 6.47 Å². The number of fused-ring (bicyclic) bond motifs is 2. The Morgan fingerprint density at radius 2 is 1.31 bits per heavy atom. The van der Waals surface area contributed by atoms with Gasteiger partial charge in [-0.25, -0.2) is 8.78 Å². The first-order valence-electron chi connectivity index (χ1n) is 10.5. The second-order valence-electron chi connectivity index (χ2n) is 7.79. The van der Waals surface area contributed by atoms with Gasteiger partial charge < -0.3 is 30.1 Å². The first-order valence-corrected chi connectivity index (χ1v) is 10.5. The first kappa shape index (κ1) is 23.9. The van der Waals surface area contributed by atoms with E-state index in [2.05, 4.69) is 5.32 Å². The smallest absolute Gasteiger partial charge is 0.290 e. The molecule has 0 amide bonds. The molecule has 7 nitrogen and oxygen atoms in total. The maximum absolute atomic E-state index is 13.3. The number of ether oxygens (including phenoxy) is 2. The van der Waals surface area contributed by atoms with Gasteiger partial charge in [0.05, 0.1) is 0 Å². The second kappa shape index (κ2) is 11.2. The first-order chi connectivity index (χ1) is 15.4. The fraction of sp³-hybridized carbons (Fsp3) is 0.435. The Labute approximate surface area is 184 Å². The molecule has 4 rings (SSSR count). The molecule has 4 N–H and O–H groups in total. The maximum Gasteiger partial charge on any atom is 0.290 e. The van der Waals surface area contributed by atoms with Crippen molar-refractivity contribution in [3.05, 3.63) is 59.2 Å². The highest BCUT2D eigenvalue weighted by atomic mass is 19.1. The lowest BCUT2D eigenvalue weighted by Crippen LogP contribution is -2.46. The van der Waals surface area contributed by atoms with Crippen LogP contribution in [0.5, 0.6) is 11.5 Å². The minimum atomic E-state index is -0.753. The molecule has 0 spiro atoms.